The van der Waals surface area contributed by atoms with Crippen LogP contribution in [0.4, 0.5) is 4.39 Å². The summed E-state index contributed by atoms with van der Waals surface area (Å²) in [5, 5.41) is 0.183. The van der Waals surface area contributed by atoms with E-state index in [0.717, 1.165) is 11.3 Å². The molecular formula is C25H20ClFN2O4S. The molecular weight excluding hydrogens is 479 g/mol. The van der Waals surface area contributed by atoms with E-state index in [9.17, 15) is 14.0 Å². The van der Waals surface area contributed by atoms with Crippen LogP contribution >= 0.6 is 22.9 Å². The average Bonchev–Trinajstić information content (AvgIpc) is 3.13. The molecule has 0 radical (unpaired) electrons. The van der Waals surface area contributed by atoms with E-state index in [2.05, 4.69) is 11.6 Å². The Labute approximate surface area is 203 Å². The molecule has 34 heavy (non-hydrogen) atoms. The Kier molecular flexibility index (Phi) is 6.81. The molecule has 0 spiro atoms. The van der Waals surface area contributed by atoms with E-state index in [1.807, 2.05) is 0 Å². The third kappa shape index (κ3) is 4.34. The lowest BCUT2D eigenvalue weighted by Crippen LogP contribution is -2.40. The van der Waals surface area contributed by atoms with E-state index in [-0.39, 0.29) is 27.3 Å². The Hall–Kier alpha value is -3.49. The Bertz CT molecular complexity index is 1470. The van der Waals surface area contributed by atoms with E-state index < -0.39 is 23.4 Å². The van der Waals surface area contributed by atoms with Crippen molar-refractivity contribution in [3.63, 3.8) is 0 Å². The first-order valence-corrected chi connectivity index (χ1v) is 11.4. The number of rotatable bonds is 6. The molecule has 0 aliphatic carbocycles. The first kappa shape index (κ1) is 23.7. The minimum Gasteiger partial charge on any atom is -0.497 e. The number of methoxy groups -OCH3 is 1. The van der Waals surface area contributed by atoms with Crippen molar-refractivity contribution in [1.29, 1.82) is 0 Å². The molecule has 2 aromatic carbocycles. The summed E-state index contributed by atoms with van der Waals surface area (Å²) in [5.41, 5.74) is 1.00. The summed E-state index contributed by atoms with van der Waals surface area (Å²) in [6, 6.07) is 10.5. The standard InChI is InChI=1S/C25H20ClFN2O4S/c1-4-12-33-24(31)21-14(2)28-25-29(22(21)15-8-10-16(32-3)11-9-15)23(30)20(34-25)13-17-18(26)6-5-7-19(17)27/h4-11,13,22H,1,12H2,2-3H3/b20-13-/t22-/m0/s1. The van der Waals surface area contributed by atoms with Gasteiger partial charge < -0.3 is 9.47 Å². The summed E-state index contributed by atoms with van der Waals surface area (Å²) in [7, 11) is 1.55. The zero-order valence-electron chi connectivity index (χ0n) is 18.4. The monoisotopic (exact) mass is 498 g/mol. The van der Waals surface area contributed by atoms with Crippen LogP contribution in [0.5, 0.6) is 5.75 Å². The van der Waals surface area contributed by atoms with Crippen molar-refractivity contribution >= 4 is 35.0 Å². The number of thiazole rings is 1. The molecule has 0 saturated heterocycles. The number of halogens is 2. The summed E-state index contributed by atoms with van der Waals surface area (Å²) >= 11 is 7.25. The molecule has 1 aliphatic heterocycles. The first-order valence-electron chi connectivity index (χ1n) is 10.2. The molecule has 0 N–H and O–H groups in total. The van der Waals surface area contributed by atoms with Gasteiger partial charge in [-0.25, -0.2) is 14.2 Å². The highest BCUT2D eigenvalue weighted by molar-refractivity contribution is 7.07. The summed E-state index contributed by atoms with van der Waals surface area (Å²) in [4.78, 5) is 31.4. The molecule has 1 atom stereocenters. The van der Waals surface area contributed by atoms with Crippen LogP contribution in [0.1, 0.15) is 24.1 Å². The number of carbonyl (C=O) groups is 1. The highest BCUT2D eigenvalue weighted by atomic mass is 35.5. The van der Waals surface area contributed by atoms with Crippen LogP contribution in [-0.2, 0) is 9.53 Å². The highest BCUT2D eigenvalue weighted by Gasteiger charge is 2.33. The van der Waals surface area contributed by atoms with Gasteiger partial charge in [-0.2, -0.15) is 0 Å². The van der Waals surface area contributed by atoms with Crippen molar-refractivity contribution < 1.29 is 18.7 Å². The number of hydrogen-bond acceptors (Lipinski definition) is 6. The van der Waals surface area contributed by atoms with Gasteiger partial charge in [0.1, 0.15) is 18.2 Å². The maximum Gasteiger partial charge on any atom is 0.338 e. The number of aromatic nitrogens is 1. The zero-order valence-corrected chi connectivity index (χ0v) is 20.0. The molecule has 3 aromatic rings. The van der Waals surface area contributed by atoms with Crippen LogP contribution < -0.4 is 19.6 Å². The van der Waals surface area contributed by atoms with Gasteiger partial charge in [-0.1, -0.05) is 53.8 Å². The van der Waals surface area contributed by atoms with E-state index in [1.165, 1.54) is 28.9 Å². The summed E-state index contributed by atoms with van der Waals surface area (Å²) < 4.78 is 26.6. The Balaban J connectivity index is 1.95. The first-order chi connectivity index (χ1) is 16.3. The second kappa shape index (κ2) is 9.79. The molecule has 0 amide bonds. The second-order valence-electron chi connectivity index (χ2n) is 7.38. The minimum absolute atomic E-state index is 0.0150. The van der Waals surface area contributed by atoms with Crippen molar-refractivity contribution in [3.05, 3.63) is 108 Å². The van der Waals surface area contributed by atoms with Crippen molar-refractivity contribution in [3.8, 4) is 5.75 Å². The number of nitrogens with zero attached hydrogens (tertiary/aromatic N) is 2. The summed E-state index contributed by atoms with van der Waals surface area (Å²) in [6.07, 6.45) is 2.87. The number of fused-ring (bicyclic) bond motifs is 1. The Morgan fingerprint density at radius 2 is 2.03 bits per heavy atom. The summed E-state index contributed by atoms with van der Waals surface area (Å²) in [6.45, 7) is 5.27. The van der Waals surface area contributed by atoms with Crippen molar-refractivity contribution in [2.24, 2.45) is 4.99 Å². The van der Waals surface area contributed by atoms with Crippen LogP contribution in [0.2, 0.25) is 5.02 Å². The van der Waals surface area contributed by atoms with Gasteiger partial charge in [0.25, 0.3) is 5.56 Å². The van der Waals surface area contributed by atoms with Crippen molar-refractivity contribution in [2.45, 2.75) is 13.0 Å². The topological polar surface area (TPSA) is 69.9 Å². The van der Waals surface area contributed by atoms with Gasteiger partial charge in [0, 0.05) is 5.56 Å². The number of hydrogen-bond donors (Lipinski definition) is 0. The minimum atomic E-state index is -0.794. The molecule has 0 unspecified atom stereocenters. The van der Waals surface area contributed by atoms with E-state index in [4.69, 9.17) is 21.1 Å². The fourth-order valence-corrected chi connectivity index (χ4v) is 4.92. The second-order valence-corrected chi connectivity index (χ2v) is 8.79. The maximum atomic E-state index is 14.4. The van der Waals surface area contributed by atoms with Gasteiger partial charge in [-0.3, -0.25) is 9.36 Å². The quantitative estimate of drug-likeness (QED) is 0.383. The van der Waals surface area contributed by atoms with E-state index >= 15 is 0 Å². The van der Waals surface area contributed by atoms with E-state index in [1.54, 1.807) is 44.4 Å². The van der Waals surface area contributed by atoms with Crippen LogP contribution in [-0.4, -0.2) is 24.3 Å². The molecule has 0 bridgehead atoms. The predicted octanol–water partition coefficient (Wildman–Crippen LogP) is 3.77. The Morgan fingerprint density at radius 3 is 2.68 bits per heavy atom. The lowest BCUT2D eigenvalue weighted by atomic mass is 9.96. The van der Waals surface area contributed by atoms with Gasteiger partial charge in [0.05, 0.1) is 34.0 Å². The number of allylic oxidation sites excluding steroid dienone is 1. The molecule has 6 nitrogen and oxygen atoms in total. The van der Waals surface area contributed by atoms with Gasteiger partial charge in [0.15, 0.2) is 4.80 Å². The number of benzene rings is 2. The predicted molar refractivity (Wildman–Crippen MR) is 129 cm³/mol. The van der Waals surface area contributed by atoms with Crippen LogP contribution in [0, 0.1) is 5.82 Å². The molecule has 0 saturated carbocycles. The maximum absolute atomic E-state index is 14.4. The van der Waals surface area contributed by atoms with E-state index in [0.29, 0.717) is 21.8 Å². The van der Waals surface area contributed by atoms with Crippen LogP contribution in [0.25, 0.3) is 6.08 Å². The molecule has 1 aliphatic rings. The molecule has 0 fully saturated rings. The van der Waals surface area contributed by atoms with Crippen LogP contribution in [0.15, 0.2) is 76.2 Å². The number of ether oxygens (including phenoxy) is 2. The normalized spacial score (nSPS) is 15.5. The largest absolute Gasteiger partial charge is 0.497 e. The lowest BCUT2D eigenvalue weighted by Gasteiger charge is -2.24. The van der Waals surface area contributed by atoms with Gasteiger partial charge in [-0.15, -0.1) is 0 Å². The molecule has 4 rings (SSSR count). The van der Waals surface area contributed by atoms with Gasteiger partial charge in [-0.05, 0) is 42.8 Å². The average molecular weight is 499 g/mol. The molecule has 1 aromatic heterocycles. The fourth-order valence-electron chi connectivity index (χ4n) is 3.68. The molecule has 174 valence electrons. The van der Waals surface area contributed by atoms with Gasteiger partial charge in [0.2, 0.25) is 0 Å². The lowest BCUT2D eigenvalue weighted by molar-refractivity contribution is -0.138. The SMILES string of the molecule is C=CCOC(=O)C1=C(C)N=c2s/c(=C\c3c(F)cccc3Cl)c(=O)n2[C@H]1c1ccc(OC)cc1. The number of carbonyl (C=O) groups excluding carboxylic acids is 1. The molecule has 2 heterocycles. The fraction of sp³-hybridized carbons (Fsp3) is 0.160. The third-order valence-electron chi connectivity index (χ3n) is 5.28. The van der Waals surface area contributed by atoms with Crippen molar-refractivity contribution in [1.82, 2.24) is 4.57 Å². The van der Waals surface area contributed by atoms with Crippen LogP contribution in [0.3, 0.4) is 0 Å². The van der Waals surface area contributed by atoms with Gasteiger partial charge >= 0.3 is 5.97 Å². The van der Waals surface area contributed by atoms with Crippen molar-refractivity contribution in [2.75, 3.05) is 13.7 Å². The summed E-state index contributed by atoms with van der Waals surface area (Å²) in [5.74, 6) is -0.523. The zero-order chi connectivity index (χ0) is 24.4. The third-order valence-corrected chi connectivity index (χ3v) is 6.59. The highest BCUT2D eigenvalue weighted by Crippen LogP contribution is 2.31. The smallest absolute Gasteiger partial charge is 0.338 e. The number of esters is 1. The Morgan fingerprint density at radius 1 is 1.29 bits per heavy atom. The molecule has 9 heteroatoms.